The quantitative estimate of drug-likeness (QED) is 0.648. The number of rotatable bonds is 4. The predicted molar refractivity (Wildman–Crippen MR) is 80.0 cm³/mol. The number of benzene rings is 1. The highest BCUT2D eigenvalue weighted by Crippen LogP contribution is 2.16. The molecule has 1 aromatic carbocycles. The summed E-state index contributed by atoms with van der Waals surface area (Å²) in [5.74, 6) is -0.484. The van der Waals surface area contributed by atoms with Crippen LogP contribution in [0.1, 0.15) is 6.92 Å². The van der Waals surface area contributed by atoms with Crippen molar-refractivity contribution in [3.8, 4) is 0 Å². The Morgan fingerprint density at radius 1 is 1.41 bits per heavy atom. The van der Waals surface area contributed by atoms with Gasteiger partial charge in [-0.2, -0.15) is 0 Å². The molecule has 22 heavy (non-hydrogen) atoms. The summed E-state index contributed by atoms with van der Waals surface area (Å²) in [6, 6.07) is 7.14. The molecule has 0 saturated carbocycles. The molecule has 0 aliphatic carbocycles. The summed E-state index contributed by atoms with van der Waals surface area (Å²) >= 11 is 0. The molecule has 2 rings (SSSR count). The molecule has 1 aliphatic rings. The van der Waals surface area contributed by atoms with Gasteiger partial charge in [0.15, 0.2) is 0 Å². The molecule has 3 amide bonds. The Balaban J connectivity index is 2.20. The van der Waals surface area contributed by atoms with Crippen LogP contribution in [0.25, 0.3) is 0 Å². The molecule has 1 aliphatic heterocycles. The lowest BCUT2D eigenvalue weighted by Gasteiger charge is -2.36. The molecule has 1 heterocycles. The largest absolute Gasteiger partial charge is 0.464 e. The van der Waals surface area contributed by atoms with Crippen LogP contribution in [0.4, 0.5) is 10.5 Å². The number of urea groups is 1. The summed E-state index contributed by atoms with van der Waals surface area (Å²) in [4.78, 5) is 38.0. The van der Waals surface area contributed by atoms with Gasteiger partial charge in [0, 0.05) is 19.6 Å². The minimum Gasteiger partial charge on any atom is -0.464 e. The third kappa shape index (κ3) is 3.43. The van der Waals surface area contributed by atoms with Gasteiger partial charge in [0.2, 0.25) is 0 Å². The van der Waals surface area contributed by atoms with Crippen molar-refractivity contribution in [2.75, 3.05) is 31.1 Å². The van der Waals surface area contributed by atoms with Crippen LogP contribution < -0.4 is 10.2 Å². The number of esters is 1. The normalized spacial score (nSPS) is 17.7. The van der Waals surface area contributed by atoms with Crippen LogP contribution in [-0.4, -0.2) is 55.6 Å². The number of carbonyl (C=O) groups is 2. The number of ether oxygens (including phenoxy) is 1. The monoisotopic (exact) mass is 304 g/mol. The maximum atomic E-state index is 12.6. The first-order valence-electron chi connectivity index (χ1n) is 7.10. The number of para-hydroxylation sites is 1. The van der Waals surface area contributed by atoms with Gasteiger partial charge in [-0.05, 0) is 19.1 Å². The molecule has 7 nitrogen and oxygen atoms in total. The van der Waals surface area contributed by atoms with E-state index in [9.17, 15) is 14.4 Å². The Hall–Kier alpha value is -2.41. The highest BCUT2D eigenvalue weighted by Gasteiger charge is 2.36. The number of piperazine rings is 1. The highest BCUT2D eigenvalue weighted by molar-refractivity contribution is 6.07. The summed E-state index contributed by atoms with van der Waals surface area (Å²) in [6.45, 7) is 3.10. The molecule has 1 aromatic rings. The van der Waals surface area contributed by atoms with Gasteiger partial charge in [0.25, 0.3) is 0 Å². The molecule has 1 radical (unpaired) electrons. The maximum absolute atomic E-state index is 12.6. The van der Waals surface area contributed by atoms with Crippen molar-refractivity contribution in [1.29, 1.82) is 0 Å². The number of hydrogen-bond acceptors (Lipinski definition) is 5. The lowest BCUT2D eigenvalue weighted by atomic mass is 10.2. The van der Waals surface area contributed by atoms with Crippen LogP contribution in [0, 0.1) is 0 Å². The first kappa shape index (κ1) is 16.0. The van der Waals surface area contributed by atoms with E-state index < -0.39 is 18.0 Å². The minimum absolute atomic E-state index is 0.236. The Bertz CT molecular complexity index is 535. The van der Waals surface area contributed by atoms with Gasteiger partial charge >= 0.3 is 18.4 Å². The zero-order valence-electron chi connectivity index (χ0n) is 12.3. The highest BCUT2D eigenvalue weighted by atomic mass is 16.5. The number of nitrogens with zero attached hydrogens (tertiary/aromatic N) is 2. The van der Waals surface area contributed by atoms with Crippen molar-refractivity contribution in [3.63, 3.8) is 0 Å². The van der Waals surface area contributed by atoms with E-state index in [1.807, 2.05) is 0 Å². The Morgan fingerprint density at radius 3 is 2.77 bits per heavy atom. The van der Waals surface area contributed by atoms with Gasteiger partial charge in [-0.25, -0.2) is 14.5 Å². The molecule has 1 atom stereocenters. The SMILES string of the molecule is CCOC(=O)C1CNCCN1C(=O)N([C]=O)c1ccccc1. The smallest absolute Gasteiger partial charge is 0.332 e. The van der Waals surface area contributed by atoms with Gasteiger partial charge in [-0.3, -0.25) is 4.79 Å². The van der Waals surface area contributed by atoms with Crippen molar-refractivity contribution in [2.45, 2.75) is 13.0 Å². The number of carbonyl (C=O) groups excluding carboxylic acids is 3. The van der Waals surface area contributed by atoms with Crippen LogP contribution >= 0.6 is 0 Å². The van der Waals surface area contributed by atoms with Crippen LogP contribution in [0.2, 0.25) is 0 Å². The third-order valence-electron chi connectivity index (χ3n) is 3.34. The summed E-state index contributed by atoms with van der Waals surface area (Å²) < 4.78 is 4.99. The van der Waals surface area contributed by atoms with E-state index in [-0.39, 0.29) is 6.61 Å². The van der Waals surface area contributed by atoms with E-state index in [0.29, 0.717) is 25.3 Å². The molecule has 1 unspecified atom stereocenters. The van der Waals surface area contributed by atoms with Crippen LogP contribution in [0.3, 0.4) is 0 Å². The summed E-state index contributed by atoms with van der Waals surface area (Å²) in [5, 5.41) is 3.04. The molecule has 0 aromatic heterocycles. The van der Waals surface area contributed by atoms with E-state index in [0.717, 1.165) is 4.90 Å². The Labute approximate surface area is 128 Å². The van der Waals surface area contributed by atoms with E-state index >= 15 is 0 Å². The Kier molecular flexibility index (Phi) is 5.48. The van der Waals surface area contributed by atoms with E-state index in [1.165, 1.54) is 4.90 Å². The topological polar surface area (TPSA) is 79.0 Å². The van der Waals surface area contributed by atoms with E-state index in [4.69, 9.17) is 4.74 Å². The number of nitrogens with one attached hydrogen (secondary N) is 1. The van der Waals surface area contributed by atoms with Gasteiger partial charge < -0.3 is 15.0 Å². The lowest BCUT2D eigenvalue weighted by Crippen LogP contribution is -2.60. The maximum Gasteiger partial charge on any atom is 0.332 e. The number of imide groups is 1. The molecule has 0 bridgehead atoms. The third-order valence-corrected chi connectivity index (χ3v) is 3.34. The fourth-order valence-corrected chi connectivity index (χ4v) is 2.29. The van der Waals surface area contributed by atoms with Crippen LogP contribution in [-0.2, 0) is 14.3 Å². The van der Waals surface area contributed by atoms with Gasteiger partial charge in [0.1, 0.15) is 6.04 Å². The first-order valence-corrected chi connectivity index (χ1v) is 7.10. The molecule has 7 heteroatoms. The average Bonchev–Trinajstić information content (AvgIpc) is 2.56. The van der Waals surface area contributed by atoms with Crippen LogP contribution in [0.15, 0.2) is 30.3 Å². The first-order chi connectivity index (χ1) is 10.7. The second kappa shape index (κ2) is 7.56. The summed E-state index contributed by atoms with van der Waals surface area (Å²) in [6.07, 6.45) is 1.63. The molecule has 1 saturated heterocycles. The van der Waals surface area contributed by atoms with Gasteiger partial charge in [0.05, 0.1) is 12.3 Å². The predicted octanol–water partition coefficient (Wildman–Crippen LogP) is 0.517. The molecular formula is C15H18N3O4. The lowest BCUT2D eigenvalue weighted by molar-refractivity contribution is -0.148. The van der Waals surface area contributed by atoms with Crippen molar-refractivity contribution < 1.29 is 19.1 Å². The fraction of sp³-hybridized carbons (Fsp3) is 0.400. The fourth-order valence-electron chi connectivity index (χ4n) is 2.29. The van der Waals surface area contributed by atoms with E-state index in [1.54, 1.807) is 43.7 Å². The average molecular weight is 304 g/mol. The van der Waals surface area contributed by atoms with Gasteiger partial charge in [-0.1, -0.05) is 18.2 Å². The number of hydrogen-bond donors (Lipinski definition) is 1. The zero-order valence-corrected chi connectivity index (χ0v) is 12.3. The zero-order chi connectivity index (χ0) is 15.9. The summed E-state index contributed by atoms with van der Waals surface area (Å²) in [7, 11) is 0. The minimum atomic E-state index is -0.749. The second-order valence-electron chi connectivity index (χ2n) is 4.71. The molecule has 1 fully saturated rings. The van der Waals surface area contributed by atoms with Gasteiger partial charge in [-0.15, -0.1) is 0 Å². The Morgan fingerprint density at radius 2 is 2.14 bits per heavy atom. The van der Waals surface area contributed by atoms with Crippen molar-refractivity contribution in [1.82, 2.24) is 10.2 Å². The van der Waals surface area contributed by atoms with Crippen LogP contribution in [0.5, 0.6) is 0 Å². The molecule has 1 N–H and O–H groups in total. The van der Waals surface area contributed by atoms with Crippen molar-refractivity contribution >= 4 is 24.1 Å². The molecule has 117 valence electrons. The molecule has 0 spiro atoms. The number of anilines is 1. The van der Waals surface area contributed by atoms with Crippen molar-refractivity contribution in [2.24, 2.45) is 0 Å². The summed E-state index contributed by atoms with van der Waals surface area (Å²) in [5.41, 5.74) is 0.406. The number of amides is 3. The standard InChI is InChI=1S/C15H18N3O4/c1-2-22-14(20)13-10-16-8-9-17(13)15(21)18(11-19)12-6-4-3-5-7-12/h3-7,13,16H,2,8-10H2,1H3. The molecular weight excluding hydrogens is 286 g/mol. The van der Waals surface area contributed by atoms with Crippen molar-refractivity contribution in [3.05, 3.63) is 30.3 Å². The second-order valence-corrected chi connectivity index (χ2v) is 4.71. The van der Waals surface area contributed by atoms with E-state index in [2.05, 4.69) is 5.32 Å².